The van der Waals surface area contributed by atoms with Gasteiger partial charge in [-0.05, 0) is 18.2 Å². The van der Waals surface area contributed by atoms with Crippen molar-refractivity contribution in [1.29, 1.82) is 0 Å². The highest BCUT2D eigenvalue weighted by molar-refractivity contribution is 5.48. The first-order valence-corrected chi connectivity index (χ1v) is 6.09. The number of alkyl halides is 3. The number of halogens is 3. The minimum Gasteiger partial charge on any atom is -0.460 e. The van der Waals surface area contributed by atoms with E-state index in [9.17, 15) is 23.3 Å². The standard InChI is InChI=1S/C12H15F3N2O4/c1-2-16-6-9-3-4-10(17(18)19)11(5-9)21-8-20-7-12(13,14)15/h3-5,16H,2,6-8H2,1H3. The van der Waals surface area contributed by atoms with Gasteiger partial charge in [0.1, 0.15) is 6.61 Å². The van der Waals surface area contributed by atoms with Crippen LogP contribution in [0.5, 0.6) is 5.75 Å². The summed E-state index contributed by atoms with van der Waals surface area (Å²) in [6, 6.07) is 4.19. The van der Waals surface area contributed by atoms with Crippen LogP contribution in [-0.2, 0) is 11.3 Å². The molecule has 1 aromatic rings. The summed E-state index contributed by atoms with van der Waals surface area (Å²) in [6.07, 6.45) is -4.47. The summed E-state index contributed by atoms with van der Waals surface area (Å²) in [5.41, 5.74) is 0.388. The van der Waals surface area contributed by atoms with E-state index < -0.39 is 24.5 Å². The molecule has 1 aromatic carbocycles. The van der Waals surface area contributed by atoms with Gasteiger partial charge in [0.05, 0.1) is 4.92 Å². The average Bonchev–Trinajstić information content (AvgIpc) is 2.40. The number of hydrogen-bond acceptors (Lipinski definition) is 5. The Hall–Kier alpha value is -1.87. The van der Waals surface area contributed by atoms with Crippen molar-refractivity contribution in [2.45, 2.75) is 19.6 Å². The second-order valence-corrected chi connectivity index (χ2v) is 4.07. The van der Waals surface area contributed by atoms with Crippen LogP contribution in [0.1, 0.15) is 12.5 Å². The summed E-state index contributed by atoms with van der Waals surface area (Å²) in [5, 5.41) is 13.9. The fourth-order valence-corrected chi connectivity index (χ4v) is 1.47. The molecule has 0 aliphatic carbocycles. The molecule has 0 amide bonds. The smallest absolute Gasteiger partial charge is 0.411 e. The Morgan fingerprint density at radius 3 is 2.67 bits per heavy atom. The molecule has 0 bridgehead atoms. The average molecular weight is 308 g/mol. The highest BCUT2D eigenvalue weighted by Gasteiger charge is 2.27. The molecule has 0 saturated carbocycles. The second-order valence-electron chi connectivity index (χ2n) is 4.07. The number of nitro groups is 1. The van der Waals surface area contributed by atoms with Crippen LogP contribution in [0.25, 0.3) is 0 Å². The lowest BCUT2D eigenvalue weighted by Crippen LogP contribution is -2.19. The van der Waals surface area contributed by atoms with Gasteiger partial charge in [-0.1, -0.05) is 13.0 Å². The predicted octanol–water partition coefficient (Wildman–Crippen LogP) is 2.62. The Labute approximate surface area is 119 Å². The van der Waals surface area contributed by atoms with Crippen LogP contribution in [-0.4, -0.2) is 31.0 Å². The Bertz CT molecular complexity index is 480. The third kappa shape index (κ3) is 6.41. The van der Waals surface area contributed by atoms with Crippen molar-refractivity contribution in [3.8, 4) is 5.75 Å². The zero-order valence-electron chi connectivity index (χ0n) is 11.3. The number of nitro benzene ring substituents is 1. The van der Waals surface area contributed by atoms with E-state index in [-0.39, 0.29) is 11.4 Å². The minimum atomic E-state index is -4.47. The molecule has 9 heteroatoms. The van der Waals surface area contributed by atoms with E-state index in [4.69, 9.17) is 4.74 Å². The van der Waals surface area contributed by atoms with Crippen LogP contribution in [0.2, 0.25) is 0 Å². The van der Waals surface area contributed by atoms with Gasteiger partial charge in [0.2, 0.25) is 0 Å². The van der Waals surface area contributed by atoms with Crippen LogP contribution in [0.15, 0.2) is 18.2 Å². The van der Waals surface area contributed by atoms with Crippen LogP contribution < -0.4 is 10.1 Å². The summed E-state index contributed by atoms with van der Waals surface area (Å²) >= 11 is 0. The van der Waals surface area contributed by atoms with Crippen LogP contribution in [0, 0.1) is 10.1 Å². The first-order chi connectivity index (χ1) is 9.83. The molecule has 0 saturated heterocycles. The van der Waals surface area contributed by atoms with Gasteiger partial charge in [0.15, 0.2) is 12.5 Å². The van der Waals surface area contributed by atoms with Crippen molar-refractivity contribution in [1.82, 2.24) is 5.32 Å². The summed E-state index contributed by atoms with van der Waals surface area (Å²) in [7, 11) is 0. The first kappa shape index (κ1) is 17.2. The number of hydrogen-bond donors (Lipinski definition) is 1. The second kappa shape index (κ2) is 7.79. The molecular weight excluding hydrogens is 293 g/mol. The number of nitrogens with zero attached hydrogens (tertiary/aromatic N) is 1. The van der Waals surface area contributed by atoms with Crippen molar-refractivity contribution in [3.63, 3.8) is 0 Å². The van der Waals surface area contributed by atoms with Crippen molar-refractivity contribution < 1.29 is 27.6 Å². The van der Waals surface area contributed by atoms with Crippen LogP contribution in [0.4, 0.5) is 18.9 Å². The summed E-state index contributed by atoms with van der Waals surface area (Å²) < 4.78 is 44.9. The molecule has 1 N–H and O–H groups in total. The monoisotopic (exact) mass is 308 g/mol. The number of rotatable bonds is 8. The van der Waals surface area contributed by atoms with Crippen LogP contribution in [0.3, 0.4) is 0 Å². The molecule has 0 radical (unpaired) electrons. The Morgan fingerprint density at radius 2 is 2.10 bits per heavy atom. The maximum atomic E-state index is 11.9. The van der Waals surface area contributed by atoms with Gasteiger partial charge in [-0.2, -0.15) is 13.2 Å². The largest absolute Gasteiger partial charge is 0.460 e. The normalized spacial score (nSPS) is 11.4. The summed E-state index contributed by atoms with van der Waals surface area (Å²) in [5.74, 6) is -0.127. The van der Waals surface area contributed by atoms with Crippen molar-refractivity contribution in [2.75, 3.05) is 19.9 Å². The summed E-state index contributed by atoms with van der Waals surface area (Å²) in [6.45, 7) is 0.882. The van der Waals surface area contributed by atoms with Gasteiger partial charge >= 0.3 is 11.9 Å². The molecule has 118 valence electrons. The van der Waals surface area contributed by atoms with Crippen molar-refractivity contribution in [3.05, 3.63) is 33.9 Å². The van der Waals surface area contributed by atoms with Crippen molar-refractivity contribution in [2.24, 2.45) is 0 Å². The van der Waals surface area contributed by atoms with E-state index in [1.807, 2.05) is 6.92 Å². The van der Waals surface area contributed by atoms with Gasteiger partial charge < -0.3 is 14.8 Å². The van der Waals surface area contributed by atoms with E-state index in [2.05, 4.69) is 10.1 Å². The molecule has 0 heterocycles. The molecule has 0 fully saturated rings. The lowest BCUT2D eigenvalue weighted by Gasteiger charge is -2.10. The van der Waals surface area contributed by atoms with Crippen molar-refractivity contribution >= 4 is 5.69 Å². The molecular formula is C12H15F3N2O4. The zero-order chi connectivity index (χ0) is 15.9. The predicted molar refractivity (Wildman–Crippen MR) is 68.0 cm³/mol. The molecule has 0 aromatic heterocycles. The minimum absolute atomic E-state index is 0.127. The lowest BCUT2D eigenvalue weighted by molar-refractivity contribution is -0.386. The molecule has 0 atom stereocenters. The highest BCUT2D eigenvalue weighted by atomic mass is 19.4. The molecule has 0 spiro atoms. The van der Waals surface area contributed by atoms with Gasteiger partial charge in [0.25, 0.3) is 0 Å². The van der Waals surface area contributed by atoms with Crippen LogP contribution >= 0.6 is 0 Å². The fourth-order valence-electron chi connectivity index (χ4n) is 1.47. The molecule has 21 heavy (non-hydrogen) atoms. The number of nitrogens with one attached hydrogen (secondary N) is 1. The van der Waals surface area contributed by atoms with E-state index in [0.29, 0.717) is 18.7 Å². The Morgan fingerprint density at radius 1 is 1.38 bits per heavy atom. The van der Waals surface area contributed by atoms with E-state index in [1.54, 1.807) is 6.07 Å². The zero-order valence-corrected chi connectivity index (χ0v) is 11.3. The van der Waals surface area contributed by atoms with Gasteiger partial charge in [0, 0.05) is 12.6 Å². The quantitative estimate of drug-likeness (QED) is 0.346. The van der Waals surface area contributed by atoms with E-state index >= 15 is 0 Å². The van der Waals surface area contributed by atoms with Gasteiger partial charge in [-0.15, -0.1) is 0 Å². The van der Waals surface area contributed by atoms with Gasteiger partial charge in [-0.3, -0.25) is 10.1 Å². The number of ether oxygens (including phenoxy) is 2. The first-order valence-electron chi connectivity index (χ1n) is 6.09. The maximum Gasteiger partial charge on any atom is 0.411 e. The fraction of sp³-hybridized carbons (Fsp3) is 0.500. The highest BCUT2D eigenvalue weighted by Crippen LogP contribution is 2.28. The molecule has 6 nitrogen and oxygen atoms in total. The van der Waals surface area contributed by atoms with E-state index in [1.165, 1.54) is 12.1 Å². The third-order valence-electron chi connectivity index (χ3n) is 2.36. The molecule has 0 aliphatic heterocycles. The SMILES string of the molecule is CCNCc1ccc([N+](=O)[O-])c(OCOCC(F)(F)F)c1. The maximum absolute atomic E-state index is 11.9. The lowest BCUT2D eigenvalue weighted by atomic mass is 10.2. The Balaban J connectivity index is 2.69. The summed E-state index contributed by atoms with van der Waals surface area (Å²) in [4.78, 5) is 10.2. The van der Waals surface area contributed by atoms with Gasteiger partial charge in [-0.25, -0.2) is 0 Å². The topological polar surface area (TPSA) is 73.6 Å². The third-order valence-corrected chi connectivity index (χ3v) is 2.36. The van der Waals surface area contributed by atoms with E-state index in [0.717, 1.165) is 0 Å². The Kier molecular flexibility index (Phi) is 6.38. The molecule has 1 rings (SSSR count). The number of benzene rings is 1. The molecule has 0 aliphatic rings. The molecule has 0 unspecified atom stereocenters.